The molecule has 0 unspecified atom stereocenters. The van der Waals surface area contributed by atoms with Gasteiger partial charge in [0, 0.05) is 0 Å². The molecule has 2 aromatic rings. The van der Waals surface area contributed by atoms with E-state index in [0.29, 0.717) is 0 Å². The van der Waals surface area contributed by atoms with Crippen molar-refractivity contribution in [2.24, 2.45) is 0 Å². The van der Waals surface area contributed by atoms with E-state index in [-0.39, 0.29) is 10.8 Å². The Bertz CT molecular complexity index is 563. The first-order valence-corrected chi connectivity index (χ1v) is 17.9. The molecular weight excluding hydrogens is 402 g/mol. The molecule has 0 amide bonds. The van der Waals surface area contributed by atoms with Crippen molar-refractivity contribution in [3.05, 3.63) is 71.8 Å². The van der Waals surface area contributed by atoms with Crippen LogP contribution < -0.4 is 0 Å². The van der Waals surface area contributed by atoms with Gasteiger partial charge in [0.05, 0.1) is 0 Å². The Balaban J connectivity index is 2.16. The Kier molecular flexibility index (Phi) is 6.21. The normalized spacial score (nSPS) is 13.1. The summed E-state index contributed by atoms with van der Waals surface area (Å²) in [5.74, 6) is 0. The summed E-state index contributed by atoms with van der Waals surface area (Å²) in [5.41, 5.74) is 2.68. The summed E-state index contributed by atoms with van der Waals surface area (Å²) >= 11 is -3.22. The van der Waals surface area contributed by atoms with Crippen LogP contribution in [0.4, 0.5) is 0 Å². The van der Waals surface area contributed by atoms with Gasteiger partial charge in [-0.1, -0.05) is 0 Å². The molecule has 2 rings (SSSR count). The van der Waals surface area contributed by atoms with E-state index in [2.05, 4.69) is 88.4 Å². The molecule has 0 aliphatic rings. The van der Waals surface area contributed by atoms with Crippen molar-refractivity contribution in [1.29, 1.82) is 0 Å². The van der Waals surface area contributed by atoms with Gasteiger partial charge in [-0.25, -0.2) is 0 Å². The second kappa shape index (κ2) is 7.42. The third-order valence-electron chi connectivity index (χ3n) is 4.51. The van der Waals surface area contributed by atoms with E-state index in [9.17, 15) is 0 Å². The van der Waals surface area contributed by atoms with E-state index in [1.54, 1.807) is 0 Å². The van der Waals surface area contributed by atoms with Crippen LogP contribution in [0.5, 0.6) is 0 Å². The molecule has 0 heterocycles. The summed E-state index contributed by atoms with van der Waals surface area (Å²) in [4.78, 5) is 0. The van der Waals surface area contributed by atoms with Crippen molar-refractivity contribution < 1.29 is 17.9 Å². The summed E-state index contributed by atoms with van der Waals surface area (Å²) in [6.07, 6.45) is 0. The van der Waals surface area contributed by atoms with E-state index in [1.165, 1.54) is 11.1 Å². The van der Waals surface area contributed by atoms with E-state index in [1.807, 2.05) is 0 Å². The van der Waals surface area contributed by atoms with Crippen LogP contribution in [-0.2, 0) is 28.7 Å². The Labute approximate surface area is 152 Å². The first-order valence-electron chi connectivity index (χ1n) is 8.11. The molecule has 2 aromatic carbocycles. The molecule has 23 heavy (non-hydrogen) atoms. The fourth-order valence-electron chi connectivity index (χ4n) is 3.34. The molecule has 0 nitrogen and oxygen atoms in total. The first kappa shape index (κ1) is 19.2. The van der Waals surface area contributed by atoms with Gasteiger partial charge < -0.3 is 0 Å². The second-order valence-corrected chi connectivity index (χ2v) is 23.4. The summed E-state index contributed by atoms with van der Waals surface area (Å²) in [5, 5.41) is 0. The topological polar surface area (TPSA) is 0 Å². The Morgan fingerprint density at radius 3 is 1.26 bits per heavy atom. The monoisotopic (exact) mass is 426 g/mol. The van der Waals surface area contributed by atoms with Crippen LogP contribution in [0.25, 0.3) is 0 Å². The molecule has 0 aromatic heterocycles. The molecule has 0 saturated carbocycles. The van der Waals surface area contributed by atoms with Crippen LogP contribution in [0.3, 0.4) is 0 Å². The van der Waals surface area contributed by atoms with Crippen LogP contribution >= 0.6 is 17.0 Å². The van der Waals surface area contributed by atoms with Gasteiger partial charge in [0.25, 0.3) is 0 Å². The van der Waals surface area contributed by atoms with Crippen molar-refractivity contribution >= 4 is 17.0 Å². The number of hydrogen-bond donors (Lipinski definition) is 0. The van der Waals surface area contributed by atoms with Gasteiger partial charge in [-0.3, -0.25) is 0 Å². The number of benzene rings is 2. The van der Waals surface area contributed by atoms with E-state index < -0.39 is 17.9 Å². The molecule has 0 bridgehead atoms. The van der Waals surface area contributed by atoms with Gasteiger partial charge in [0.2, 0.25) is 0 Å². The maximum absolute atomic E-state index is 6.98. The van der Waals surface area contributed by atoms with Crippen LogP contribution in [0.1, 0.15) is 38.8 Å². The van der Waals surface area contributed by atoms with Crippen LogP contribution in [-0.4, -0.2) is 0 Å². The van der Waals surface area contributed by atoms with Gasteiger partial charge in [-0.2, -0.15) is 0 Å². The van der Waals surface area contributed by atoms with E-state index >= 15 is 0 Å². The second-order valence-electron chi connectivity index (χ2n) is 7.71. The molecule has 0 atom stereocenters. The average Bonchev–Trinajstić information content (AvgIpc) is 2.47. The predicted molar refractivity (Wildman–Crippen MR) is 100 cm³/mol. The minimum absolute atomic E-state index is 0.0214. The molecule has 0 N–H and O–H groups in total. The number of rotatable bonds is 6. The SMILES string of the molecule is CC(C)([CH2][Zr]([Cl])([Cl])[CH2]C(C)(C)c1ccccc1)c1ccccc1. The van der Waals surface area contributed by atoms with Crippen molar-refractivity contribution in [1.82, 2.24) is 0 Å². The molecule has 0 saturated heterocycles. The summed E-state index contributed by atoms with van der Waals surface area (Å²) in [6, 6.07) is 21.2. The van der Waals surface area contributed by atoms with Crippen LogP contribution in [0.2, 0.25) is 8.26 Å². The quantitative estimate of drug-likeness (QED) is 0.455. The minimum atomic E-state index is -3.22. The third kappa shape index (κ3) is 5.45. The summed E-state index contributed by atoms with van der Waals surface area (Å²) in [7, 11) is 14.0. The van der Waals surface area contributed by atoms with Crippen molar-refractivity contribution in [2.45, 2.75) is 46.8 Å². The van der Waals surface area contributed by atoms with Crippen molar-refractivity contribution in [3.8, 4) is 0 Å². The Hall–Kier alpha value is -0.0969. The fraction of sp³-hybridized carbons (Fsp3) is 0.400. The molecule has 124 valence electrons. The molecule has 0 aliphatic heterocycles. The molecule has 0 fully saturated rings. The zero-order valence-electron chi connectivity index (χ0n) is 14.4. The number of hydrogen-bond acceptors (Lipinski definition) is 0. The zero-order valence-corrected chi connectivity index (χ0v) is 18.4. The molecule has 0 aliphatic carbocycles. The van der Waals surface area contributed by atoms with Crippen LogP contribution in [0.15, 0.2) is 60.7 Å². The zero-order chi connectivity index (χ0) is 17.1. The Morgan fingerprint density at radius 1 is 0.652 bits per heavy atom. The fourth-order valence-corrected chi connectivity index (χ4v) is 18.9. The first-order chi connectivity index (χ1) is 10.6. The maximum atomic E-state index is 6.98. The number of halogens is 2. The van der Waals surface area contributed by atoms with Gasteiger partial charge >= 0.3 is 153 Å². The van der Waals surface area contributed by atoms with Gasteiger partial charge in [0.1, 0.15) is 0 Å². The summed E-state index contributed by atoms with van der Waals surface area (Å²) < 4.78 is 1.84. The molecular formula is C20H26Cl2Zr. The van der Waals surface area contributed by atoms with Gasteiger partial charge in [-0.05, 0) is 0 Å². The average molecular weight is 429 g/mol. The third-order valence-corrected chi connectivity index (χ3v) is 14.6. The standard InChI is InChI=1S/2C10H13.2ClH.Zr/c2*1-10(2,3)9-7-5-4-6-8-9;;;/h2*4-8H,1H2,2-3H3;2*1H;/q;;;;+2/p-2. The predicted octanol–water partition coefficient (Wildman–Crippen LogP) is 7.24. The molecule has 0 radical (unpaired) electrons. The van der Waals surface area contributed by atoms with Crippen molar-refractivity contribution in [3.63, 3.8) is 0 Å². The summed E-state index contributed by atoms with van der Waals surface area (Å²) in [6.45, 7) is 9.03. The molecule has 0 spiro atoms. The van der Waals surface area contributed by atoms with Crippen LogP contribution in [0, 0.1) is 0 Å². The van der Waals surface area contributed by atoms with Gasteiger partial charge in [-0.15, -0.1) is 0 Å². The van der Waals surface area contributed by atoms with Gasteiger partial charge in [0.15, 0.2) is 0 Å². The Morgan fingerprint density at radius 2 is 0.957 bits per heavy atom. The van der Waals surface area contributed by atoms with E-state index in [0.717, 1.165) is 8.26 Å². The van der Waals surface area contributed by atoms with E-state index in [4.69, 9.17) is 17.0 Å². The molecule has 3 heteroatoms. The van der Waals surface area contributed by atoms with Crippen molar-refractivity contribution in [2.75, 3.05) is 0 Å².